The van der Waals surface area contributed by atoms with Crippen molar-refractivity contribution >= 4 is 50.9 Å². The number of allylic oxidation sites excluding steroid dienone is 3. The van der Waals surface area contributed by atoms with Crippen molar-refractivity contribution < 1.29 is 32.4 Å². The Morgan fingerprint density at radius 3 is 2.28 bits per heavy atom. The summed E-state index contributed by atoms with van der Waals surface area (Å²) in [5.41, 5.74) is 0.801. The average molecular weight is 633 g/mol. The monoisotopic (exact) mass is 632 g/mol. The highest BCUT2D eigenvalue weighted by molar-refractivity contribution is 7.92. The predicted octanol–water partition coefficient (Wildman–Crippen LogP) is 2.71. The van der Waals surface area contributed by atoms with Crippen LogP contribution in [0.25, 0.3) is 0 Å². The van der Waals surface area contributed by atoms with Gasteiger partial charge in [-0.1, -0.05) is 55.1 Å². The minimum atomic E-state index is -3.26. The zero-order chi connectivity index (χ0) is 31.1. The zero-order valence-corrected chi connectivity index (χ0v) is 25.6. The van der Waals surface area contributed by atoms with Crippen LogP contribution in [0.5, 0.6) is 0 Å². The maximum absolute atomic E-state index is 12.8. The van der Waals surface area contributed by atoms with Gasteiger partial charge in [0.15, 0.2) is 15.6 Å². The lowest BCUT2D eigenvalue weighted by molar-refractivity contribution is -0.121. The van der Waals surface area contributed by atoms with E-state index in [-0.39, 0.29) is 56.9 Å². The number of sulfone groups is 1. The van der Waals surface area contributed by atoms with E-state index in [2.05, 4.69) is 21.3 Å². The molecule has 11 nitrogen and oxygen atoms in total. The lowest BCUT2D eigenvalue weighted by atomic mass is 9.88. The summed E-state index contributed by atoms with van der Waals surface area (Å²) in [6.07, 6.45) is 6.50. The maximum atomic E-state index is 12.8. The number of carbonyl (C=O) groups excluding carboxylic acids is 5. The molecule has 2 fully saturated rings. The summed E-state index contributed by atoms with van der Waals surface area (Å²) < 4.78 is 24.7. The van der Waals surface area contributed by atoms with Gasteiger partial charge in [0.05, 0.1) is 28.1 Å². The van der Waals surface area contributed by atoms with Crippen LogP contribution in [0, 0.1) is 0 Å². The fraction of sp³-hybridized carbons (Fsp3) is 0.500. The Balaban J connectivity index is 1.05. The highest BCUT2D eigenvalue weighted by atomic mass is 35.5. The van der Waals surface area contributed by atoms with Crippen LogP contribution in [-0.2, 0) is 19.4 Å². The number of Topliss-reactive ketones (excluding diaryl/α,β-unsaturated/α-hetero) is 2. The van der Waals surface area contributed by atoms with E-state index in [1.807, 2.05) is 0 Å². The first-order valence-electron chi connectivity index (χ1n) is 14.6. The fourth-order valence-electron chi connectivity index (χ4n) is 5.67. The van der Waals surface area contributed by atoms with Crippen molar-refractivity contribution in [1.29, 1.82) is 0 Å². The van der Waals surface area contributed by atoms with E-state index in [4.69, 9.17) is 11.6 Å². The van der Waals surface area contributed by atoms with Crippen molar-refractivity contribution in [3.8, 4) is 0 Å². The smallest absolute Gasteiger partial charge is 0.315 e. The molecule has 4 rings (SSSR count). The van der Waals surface area contributed by atoms with Crippen LogP contribution in [0.1, 0.15) is 79.0 Å². The molecule has 0 radical (unpaired) electrons. The van der Waals surface area contributed by atoms with Gasteiger partial charge in [0.2, 0.25) is 17.6 Å². The van der Waals surface area contributed by atoms with E-state index in [1.54, 1.807) is 31.2 Å². The van der Waals surface area contributed by atoms with Crippen LogP contribution in [0.2, 0.25) is 0 Å². The van der Waals surface area contributed by atoms with Crippen LogP contribution in [0.15, 0.2) is 46.5 Å². The highest BCUT2D eigenvalue weighted by Gasteiger charge is 2.51. The van der Waals surface area contributed by atoms with Gasteiger partial charge >= 0.3 is 6.03 Å². The van der Waals surface area contributed by atoms with Crippen molar-refractivity contribution in [2.75, 3.05) is 18.8 Å². The summed E-state index contributed by atoms with van der Waals surface area (Å²) in [6.45, 7) is 2.54. The zero-order valence-electron chi connectivity index (χ0n) is 24.0. The van der Waals surface area contributed by atoms with E-state index in [0.717, 1.165) is 25.7 Å². The minimum Gasteiger partial charge on any atom is -0.356 e. The molecule has 3 unspecified atom stereocenters. The normalized spacial score (nSPS) is 22.5. The lowest BCUT2D eigenvalue weighted by Crippen LogP contribution is -2.39. The Morgan fingerprint density at radius 2 is 1.58 bits per heavy atom. The molecule has 2 heterocycles. The Morgan fingerprint density at radius 1 is 0.930 bits per heavy atom. The Labute approximate surface area is 256 Å². The van der Waals surface area contributed by atoms with E-state index >= 15 is 0 Å². The van der Waals surface area contributed by atoms with Gasteiger partial charge in [0, 0.05) is 41.8 Å². The van der Waals surface area contributed by atoms with Crippen LogP contribution in [-0.4, -0.2) is 74.0 Å². The number of hydrogen-bond acceptors (Lipinski definition) is 7. The summed E-state index contributed by atoms with van der Waals surface area (Å²) in [7, 11) is -3.26. The third kappa shape index (κ3) is 7.91. The average Bonchev–Trinajstić information content (AvgIpc) is 3.43. The molecule has 232 valence electrons. The number of nitrogens with one attached hydrogen (secondary N) is 4. The van der Waals surface area contributed by atoms with E-state index < -0.39 is 32.7 Å². The SMILES string of the molecule is C/C(=C\C1=C(Cl)C(=O)c2ccccc2C1=O)C(=O)NCCCCCCNC(=O)CCCCC1C2NC(=O)NC2CS1(=O)=O. The van der Waals surface area contributed by atoms with Crippen LogP contribution >= 0.6 is 11.6 Å². The Hall–Kier alpha value is -3.51. The molecule has 13 heteroatoms. The van der Waals surface area contributed by atoms with Crippen molar-refractivity contribution in [2.45, 2.75) is 75.6 Å². The van der Waals surface area contributed by atoms with Crippen LogP contribution < -0.4 is 21.3 Å². The van der Waals surface area contributed by atoms with Gasteiger partial charge in [0.1, 0.15) is 0 Å². The number of carbonyl (C=O) groups is 5. The summed E-state index contributed by atoms with van der Waals surface area (Å²) >= 11 is 6.17. The van der Waals surface area contributed by atoms with Crippen LogP contribution in [0.3, 0.4) is 0 Å². The second-order valence-electron chi connectivity index (χ2n) is 11.1. The molecule has 4 N–H and O–H groups in total. The number of amides is 4. The van der Waals surface area contributed by atoms with Crippen LogP contribution in [0.4, 0.5) is 4.79 Å². The molecule has 2 saturated heterocycles. The molecule has 0 spiro atoms. The summed E-state index contributed by atoms with van der Waals surface area (Å²) in [6, 6.07) is 5.35. The van der Waals surface area contributed by atoms with Crippen molar-refractivity contribution in [2.24, 2.45) is 0 Å². The summed E-state index contributed by atoms with van der Waals surface area (Å²) in [5.74, 6) is -1.30. The standard InChI is InChI=1S/C30H37ClN4O7S/c1-18(16-21-25(31)28(38)20-11-5-4-10-19(20)27(21)37)29(39)33-15-9-3-2-8-14-32-24(36)13-7-6-12-23-26-22(17-43(23,41)42)34-30(40)35-26/h4-5,10-11,16,22-23,26H,2-3,6-9,12-15,17H2,1H3,(H,32,36)(H,33,39)(H2,34,35,40)/b18-16+. The van der Waals surface area contributed by atoms with Gasteiger partial charge in [-0.05, 0) is 38.7 Å². The molecule has 43 heavy (non-hydrogen) atoms. The molecule has 1 aliphatic carbocycles. The van der Waals surface area contributed by atoms with E-state index in [1.165, 1.54) is 6.08 Å². The fourth-order valence-corrected chi connectivity index (χ4v) is 8.18. The molecule has 1 aromatic rings. The van der Waals surface area contributed by atoms with Gasteiger partial charge in [-0.2, -0.15) is 0 Å². The first kappa shape index (κ1) is 32.4. The molecule has 0 aromatic heterocycles. The third-order valence-electron chi connectivity index (χ3n) is 7.99. The molecular formula is C30H37ClN4O7S. The minimum absolute atomic E-state index is 0.0107. The topological polar surface area (TPSA) is 168 Å². The van der Waals surface area contributed by atoms with Gasteiger partial charge in [-0.3, -0.25) is 19.2 Å². The van der Waals surface area contributed by atoms with Gasteiger partial charge in [-0.15, -0.1) is 0 Å². The number of benzene rings is 1. The highest BCUT2D eigenvalue weighted by Crippen LogP contribution is 2.30. The molecule has 0 saturated carbocycles. The predicted molar refractivity (Wildman–Crippen MR) is 162 cm³/mol. The number of ketones is 2. The second-order valence-corrected chi connectivity index (χ2v) is 13.8. The first-order chi connectivity index (χ1) is 20.5. The van der Waals surface area contributed by atoms with Gasteiger partial charge in [0.25, 0.3) is 0 Å². The summed E-state index contributed by atoms with van der Waals surface area (Å²) in [4.78, 5) is 61.4. The first-order valence-corrected chi connectivity index (χ1v) is 16.7. The molecule has 1 aromatic carbocycles. The Kier molecular flexibility index (Phi) is 10.8. The maximum Gasteiger partial charge on any atom is 0.315 e. The third-order valence-corrected chi connectivity index (χ3v) is 10.6. The van der Waals surface area contributed by atoms with Crippen molar-refractivity contribution in [3.05, 3.63) is 57.6 Å². The molecule has 3 atom stereocenters. The van der Waals surface area contributed by atoms with E-state index in [0.29, 0.717) is 38.8 Å². The van der Waals surface area contributed by atoms with Gasteiger partial charge in [-0.25, -0.2) is 13.2 Å². The second kappa shape index (κ2) is 14.3. The van der Waals surface area contributed by atoms with Crippen molar-refractivity contribution in [1.82, 2.24) is 21.3 Å². The van der Waals surface area contributed by atoms with E-state index in [9.17, 15) is 32.4 Å². The molecular weight excluding hydrogens is 596 g/mol. The molecule has 4 amide bonds. The lowest BCUT2D eigenvalue weighted by Gasteiger charge is -2.16. The number of unbranched alkanes of at least 4 members (excludes halogenated alkanes) is 4. The quantitative estimate of drug-likeness (QED) is 0.139. The number of hydrogen-bond donors (Lipinski definition) is 4. The molecule has 3 aliphatic rings. The summed E-state index contributed by atoms with van der Waals surface area (Å²) in [5, 5.41) is 10.2. The van der Waals surface area contributed by atoms with Gasteiger partial charge < -0.3 is 21.3 Å². The Bertz CT molecular complexity index is 1470. The number of urea groups is 1. The molecule has 0 bridgehead atoms. The number of rotatable bonds is 14. The van der Waals surface area contributed by atoms with Crippen molar-refractivity contribution in [3.63, 3.8) is 0 Å². The molecule has 2 aliphatic heterocycles. The number of halogens is 1. The number of fused-ring (bicyclic) bond motifs is 2. The largest absolute Gasteiger partial charge is 0.356 e.